The highest BCUT2D eigenvalue weighted by molar-refractivity contribution is 4.68. The van der Waals surface area contributed by atoms with Gasteiger partial charge in [-0.1, -0.05) is 6.92 Å². The first-order valence-electron chi connectivity index (χ1n) is 5.88. The minimum absolute atomic E-state index is 0.476. The highest BCUT2D eigenvalue weighted by Crippen LogP contribution is 2.10. The largest absolute Gasteiger partial charge is 0.377 e. The lowest BCUT2D eigenvalue weighted by Gasteiger charge is -2.14. The van der Waals surface area contributed by atoms with Crippen LogP contribution < -0.4 is 10.6 Å². The lowest BCUT2D eigenvalue weighted by Crippen LogP contribution is -2.32. The van der Waals surface area contributed by atoms with E-state index in [1.807, 2.05) is 0 Å². The lowest BCUT2D eigenvalue weighted by atomic mass is 10.2. The molecule has 84 valence electrons. The van der Waals surface area contributed by atoms with E-state index in [2.05, 4.69) is 24.5 Å². The summed E-state index contributed by atoms with van der Waals surface area (Å²) in [6.45, 7) is 8.52. The van der Waals surface area contributed by atoms with Gasteiger partial charge in [-0.25, -0.2) is 0 Å². The number of hydrogen-bond acceptors (Lipinski definition) is 3. The van der Waals surface area contributed by atoms with E-state index in [0.29, 0.717) is 12.1 Å². The zero-order chi connectivity index (χ0) is 10.2. The van der Waals surface area contributed by atoms with E-state index in [-0.39, 0.29) is 0 Å². The van der Waals surface area contributed by atoms with Gasteiger partial charge in [0.15, 0.2) is 0 Å². The van der Waals surface area contributed by atoms with Crippen molar-refractivity contribution in [1.29, 1.82) is 0 Å². The zero-order valence-electron chi connectivity index (χ0n) is 9.51. The molecule has 0 aromatic rings. The summed E-state index contributed by atoms with van der Waals surface area (Å²) in [4.78, 5) is 0. The van der Waals surface area contributed by atoms with E-state index in [1.54, 1.807) is 0 Å². The van der Waals surface area contributed by atoms with Gasteiger partial charge in [-0.3, -0.25) is 0 Å². The van der Waals surface area contributed by atoms with Crippen molar-refractivity contribution in [3.63, 3.8) is 0 Å². The molecule has 2 unspecified atom stereocenters. The molecule has 1 saturated heterocycles. The molecule has 0 radical (unpaired) electrons. The number of ether oxygens (including phenoxy) is 1. The van der Waals surface area contributed by atoms with E-state index in [1.165, 1.54) is 19.3 Å². The van der Waals surface area contributed by atoms with Gasteiger partial charge in [0.2, 0.25) is 0 Å². The predicted molar refractivity (Wildman–Crippen MR) is 59.6 cm³/mol. The normalized spacial score (nSPS) is 24.0. The van der Waals surface area contributed by atoms with E-state index in [0.717, 1.165) is 26.2 Å². The maximum Gasteiger partial charge on any atom is 0.0700 e. The SMILES string of the molecule is CCNC(C)CCNCC1CCCO1. The van der Waals surface area contributed by atoms with E-state index < -0.39 is 0 Å². The second-order valence-corrected chi connectivity index (χ2v) is 4.09. The van der Waals surface area contributed by atoms with Crippen LogP contribution in [-0.4, -0.2) is 38.4 Å². The third-order valence-electron chi connectivity index (χ3n) is 2.70. The molecule has 0 amide bonds. The van der Waals surface area contributed by atoms with Gasteiger partial charge >= 0.3 is 0 Å². The van der Waals surface area contributed by atoms with Gasteiger partial charge in [0, 0.05) is 19.2 Å². The predicted octanol–water partition coefficient (Wildman–Crippen LogP) is 1.14. The van der Waals surface area contributed by atoms with Crippen molar-refractivity contribution in [3.8, 4) is 0 Å². The third kappa shape index (κ3) is 4.94. The standard InChI is InChI=1S/C11H24N2O/c1-3-13-10(2)6-7-12-9-11-5-4-8-14-11/h10-13H,3-9H2,1-2H3. The van der Waals surface area contributed by atoms with Crippen LogP contribution in [0.5, 0.6) is 0 Å². The van der Waals surface area contributed by atoms with Gasteiger partial charge in [0.05, 0.1) is 6.10 Å². The maximum atomic E-state index is 5.53. The van der Waals surface area contributed by atoms with Gasteiger partial charge in [-0.15, -0.1) is 0 Å². The summed E-state index contributed by atoms with van der Waals surface area (Å²) in [6, 6.07) is 0.622. The molecule has 14 heavy (non-hydrogen) atoms. The molecule has 1 fully saturated rings. The maximum absolute atomic E-state index is 5.53. The Bertz CT molecular complexity index is 135. The first-order chi connectivity index (χ1) is 6.83. The highest BCUT2D eigenvalue weighted by atomic mass is 16.5. The van der Waals surface area contributed by atoms with Crippen LogP contribution in [0.1, 0.15) is 33.1 Å². The fraction of sp³-hybridized carbons (Fsp3) is 1.00. The monoisotopic (exact) mass is 200 g/mol. The van der Waals surface area contributed by atoms with Crippen LogP contribution in [0.3, 0.4) is 0 Å². The highest BCUT2D eigenvalue weighted by Gasteiger charge is 2.14. The molecule has 3 nitrogen and oxygen atoms in total. The molecule has 1 rings (SSSR count). The van der Waals surface area contributed by atoms with Crippen LogP contribution in [0.25, 0.3) is 0 Å². The van der Waals surface area contributed by atoms with Crippen molar-refractivity contribution in [2.24, 2.45) is 0 Å². The fourth-order valence-corrected chi connectivity index (χ4v) is 1.84. The first-order valence-corrected chi connectivity index (χ1v) is 5.88. The summed E-state index contributed by atoms with van der Waals surface area (Å²) in [7, 11) is 0. The number of rotatable bonds is 7. The lowest BCUT2D eigenvalue weighted by molar-refractivity contribution is 0.110. The van der Waals surface area contributed by atoms with Crippen LogP contribution in [0.2, 0.25) is 0 Å². The van der Waals surface area contributed by atoms with E-state index in [9.17, 15) is 0 Å². The van der Waals surface area contributed by atoms with Gasteiger partial charge in [-0.05, 0) is 39.3 Å². The van der Waals surface area contributed by atoms with Crippen molar-refractivity contribution in [1.82, 2.24) is 10.6 Å². The Morgan fingerprint density at radius 3 is 3.00 bits per heavy atom. The molecule has 2 atom stereocenters. The summed E-state index contributed by atoms with van der Waals surface area (Å²) in [5, 5.41) is 6.85. The molecule has 0 aromatic heterocycles. The minimum atomic E-state index is 0.476. The Labute approximate surface area is 87.6 Å². The van der Waals surface area contributed by atoms with Gasteiger partial charge < -0.3 is 15.4 Å². The van der Waals surface area contributed by atoms with Crippen LogP contribution in [-0.2, 0) is 4.74 Å². The van der Waals surface area contributed by atoms with Gasteiger partial charge in [0.1, 0.15) is 0 Å². The Balaban J connectivity index is 1.88. The van der Waals surface area contributed by atoms with E-state index in [4.69, 9.17) is 4.74 Å². The van der Waals surface area contributed by atoms with Crippen LogP contribution in [0.15, 0.2) is 0 Å². The topological polar surface area (TPSA) is 33.3 Å². The average Bonchev–Trinajstić information content (AvgIpc) is 2.65. The molecule has 1 heterocycles. The second-order valence-electron chi connectivity index (χ2n) is 4.09. The number of nitrogens with one attached hydrogen (secondary N) is 2. The van der Waals surface area contributed by atoms with E-state index >= 15 is 0 Å². The second kappa shape index (κ2) is 7.21. The van der Waals surface area contributed by atoms with Gasteiger partial charge in [0.25, 0.3) is 0 Å². The minimum Gasteiger partial charge on any atom is -0.377 e. The summed E-state index contributed by atoms with van der Waals surface area (Å²) < 4.78 is 5.53. The summed E-state index contributed by atoms with van der Waals surface area (Å²) in [5.74, 6) is 0. The summed E-state index contributed by atoms with van der Waals surface area (Å²) >= 11 is 0. The van der Waals surface area contributed by atoms with Crippen molar-refractivity contribution < 1.29 is 4.74 Å². The molecule has 2 N–H and O–H groups in total. The van der Waals surface area contributed by atoms with Crippen molar-refractivity contribution in [2.75, 3.05) is 26.2 Å². The molecule has 0 aliphatic carbocycles. The molecule has 0 saturated carbocycles. The van der Waals surface area contributed by atoms with Crippen molar-refractivity contribution in [3.05, 3.63) is 0 Å². The third-order valence-corrected chi connectivity index (χ3v) is 2.70. The Morgan fingerprint density at radius 2 is 2.36 bits per heavy atom. The fourth-order valence-electron chi connectivity index (χ4n) is 1.84. The molecule has 1 aliphatic rings. The molecular formula is C11H24N2O. The van der Waals surface area contributed by atoms with Crippen molar-refractivity contribution in [2.45, 2.75) is 45.3 Å². The molecule has 3 heteroatoms. The first kappa shape index (κ1) is 12.0. The van der Waals surface area contributed by atoms with Crippen molar-refractivity contribution >= 4 is 0 Å². The zero-order valence-corrected chi connectivity index (χ0v) is 9.51. The number of hydrogen-bond donors (Lipinski definition) is 2. The van der Waals surface area contributed by atoms with Crippen LogP contribution in [0.4, 0.5) is 0 Å². The summed E-state index contributed by atoms with van der Waals surface area (Å²) in [5.41, 5.74) is 0. The Kier molecular flexibility index (Phi) is 6.15. The molecule has 1 aliphatic heterocycles. The van der Waals surface area contributed by atoms with Crippen LogP contribution >= 0.6 is 0 Å². The molecular weight excluding hydrogens is 176 g/mol. The molecule has 0 aromatic carbocycles. The Morgan fingerprint density at radius 1 is 1.50 bits per heavy atom. The smallest absolute Gasteiger partial charge is 0.0700 e. The molecule has 0 bridgehead atoms. The quantitative estimate of drug-likeness (QED) is 0.605. The van der Waals surface area contributed by atoms with Gasteiger partial charge in [-0.2, -0.15) is 0 Å². The molecule has 0 spiro atoms. The Hall–Kier alpha value is -0.120. The average molecular weight is 200 g/mol. The summed E-state index contributed by atoms with van der Waals surface area (Å²) in [6.07, 6.45) is 4.14. The van der Waals surface area contributed by atoms with Crippen LogP contribution in [0, 0.1) is 0 Å².